The molecule has 1 N–H and O–H groups in total. The number of hydrogen-bond acceptors (Lipinski definition) is 3. The first-order chi connectivity index (χ1) is 7.97. The lowest BCUT2D eigenvalue weighted by molar-refractivity contribution is 0.0690. The minimum absolute atomic E-state index is 0.0545. The second-order valence-electron chi connectivity index (χ2n) is 3.98. The van der Waals surface area contributed by atoms with E-state index in [0.29, 0.717) is 5.69 Å². The van der Waals surface area contributed by atoms with Crippen LogP contribution in [0.15, 0.2) is 18.2 Å². The van der Waals surface area contributed by atoms with Crippen molar-refractivity contribution in [2.45, 2.75) is 13.8 Å². The van der Waals surface area contributed by atoms with Crippen molar-refractivity contribution in [2.24, 2.45) is 7.05 Å². The fraction of sp³-hybridized carbons (Fsp3) is 0.250. The van der Waals surface area contributed by atoms with E-state index in [9.17, 15) is 4.79 Å². The maximum absolute atomic E-state index is 10.9. The fourth-order valence-electron chi connectivity index (χ4n) is 1.81. The Morgan fingerprint density at radius 3 is 2.47 bits per heavy atom. The Hall–Kier alpha value is -2.17. The van der Waals surface area contributed by atoms with E-state index < -0.39 is 5.97 Å². The number of carboxylic acids is 1. The molecule has 88 valence electrons. The first kappa shape index (κ1) is 11.3. The number of aromatic carboxylic acids is 1. The Morgan fingerprint density at radius 2 is 1.94 bits per heavy atom. The van der Waals surface area contributed by atoms with Crippen molar-refractivity contribution in [1.82, 2.24) is 14.8 Å². The van der Waals surface area contributed by atoms with Gasteiger partial charge in [-0.15, -0.1) is 0 Å². The van der Waals surface area contributed by atoms with E-state index in [0.717, 1.165) is 17.0 Å². The molecule has 2 heterocycles. The fourth-order valence-corrected chi connectivity index (χ4v) is 1.81. The lowest BCUT2D eigenvalue weighted by Gasteiger charge is -2.04. The van der Waals surface area contributed by atoms with Gasteiger partial charge in [-0.2, -0.15) is 5.10 Å². The molecule has 0 amide bonds. The van der Waals surface area contributed by atoms with E-state index in [1.165, 1.54) is 0 Å². The van der Waals surface area contributed by atoms with Crippen LogP contribution in [0.3, 0.4) is 0 Å². The molecule has 0 saturated heterocycles. The summed E-state index contributed by atoms with van der Waals surface area (Å²) in [6.07, 6.45) is 0. The second kappa shape index (κ2) is 4.01. The third-order valence-electron chi connectivity index (χ3n) is 2.47. The van der Waals surface area contributed by atoms with Crippen LogP contribution in [0, 0.1) is 13.8 Å². The highest BCUT2D eigenvalue weighted by Gasteiger charge is 2.11. The zero-order chi connectivity index (χ0) is 12.6. The zero-order valence-corrected chi connectivity index (χ0v) is 9.93. The van der Waals surface area contributed by atoms with Gasteiger partial charge in [-0.3, -0.25) is 4.68 Å². The average Bonchev–Trinajstić information content (AvgIpc) is 2.57. The summed E-state index contributed by atoms with van der Waals surface area (Å²) < 4.78 is 1.73. The maximum atomic E-state index is 10.9. The zero-order valence-electron chi connectivity index (χ0n) is 9.93. The van der Waals surface area contributed by atoms with Crippen LogP contribution in [-0.4, -0.2) is 25.8 Å². The molecule has 0 aliphatic rings. The number of carboxylic acid groups (broad SMARTS) is 1. The molecular formula is C12H13N3O2. The molecule has 0 fully saturated rings. The van der Waals surface area contributed by atoms with Crippen molar-refractivity contribution in [1.29, 1.82) is 0 Å². The Kier molecular flexibility index (Phi) is 2.67. The van der Waals surface area contributed by atoms with Crippen molar-refractivity contribution in [3.63, 3.8) is 0 Å². The van der Waals surface area contributed by atoms with Crippen molar-refractivity contribution in [2.75, 3.05) is 0 Å². The standard InChI is InChI=1S/C12H13N3O2/c1-7-4-9(6-10(13-7)12(16)17)11-5-8(2)14-15(11)3/h4-6H,1-3H3,(H,16,17). The lowest BCUT2D eigenvalue weighted by Crippen LogP contribution is -2.03. The summed E-state index contributed by atoms with van der Waals surface area (Å²) in [5.41, 5.74) is 3.33. The van der Waals surface area contributed by atoms with E-state index in [-0.39, 0.29) is 5.69 Å². The lowest BCUT2D eigenvalue weighted by atomic mass is 10.1. The Balaban J connectivity index is 2.59. The van der Waals surface area contributed by atoms with E-state index in [2.05, 4.69) is 10.1 Å². The van der Waals surface area contributed by atoms with Crippen molar-refractivity contribution in [3.8, 4) is 11.3 Å². The van der Waals surface area contributed by atoms with Gasteiger partial charge in [0.1, 0.15) is 5.69 Å². The van der Waals surface area contributed by atoms with Gasteiger partial charge in [-0.1, -0.05) is 0 Å². The summed E-state index contributed by atoms with van der Waals surface area (Å²) in [6.45, 7) is 3.68. The maximum Gasteiger partial charge on any atom is 0.354 e. The van der Waals surface area contributed by atoms with E-state index >= 15 is 0 Å². The number of aryl methyl sites for hydroxylation is 3. The van der Waals surface area contributed by atoms with Crippen molar-refractivity contribution >= 4 is 5.97 Å². The van der Waals surface area contributed by atoms with Crippen LogP contribution in [0.5, 0.6) is 0 Å². The molecule has 0 spiro atoms. The molecule has 0 unspecified atom stereocenters. The summed E-state index contributed by atoms with van der Waals surface area (Å²) >= 11 is 0. The van der Waals surface area contributed by atoms with Crippen LogP contribution in [0.2, 0.25) is 0 Å². The highest BCUT2D eigenvalue weighted by molar-refractivity contribution is 5.87. The van der Waals surface area contributed by atoms with Gasteiger partial charge < -0.3 is 5.11 Å². The van der Waals surface area contributed by atoms with E-state index in [1.54, 1.807) is 17.7 Å². The molecule has 0 aliphatic heterocycles. The number of rotatable bonds is 2. The predicted molar refractivity (Wildman–Crippen MR) is 62.9 cm³/mol. The topological polar surface area (TPSA) is 68.0 Å². The highest BCUT2D eigenvalue weighted by atomic mass is 16.4. The molecule has 5 heteroatoms. The third-order valence-corrected chi connectivity index (χ3v) is 2.47. The Labute approximate surface area is 98.7 Å². The SMILES string of the molecule is Cc1cc(-c2cc(C)nn2C)cc(C(=O)O)n1. The number of carbonyl (C=O) groups is 1. The van der Waals surface area contributed by atoms with Gasteiger partial charge in [0, 0.05) is 18.3 Å². The van der Waals surface area contributed by atoms with Crippen molar-refractivity contribution < 1.29 is 9.90 Å². The van der Waals surface area contributed by atoms with Gasteiger partial charge in [-0.05, 0) is 32.0 Å². The molecule has 0 atom stereocenters. The summed E-state index contributed by atoms with van der Waals surface area (Å²) in [5, 5.41) is 13.2. The predicted octanol–water partition coefficient (Wildman–Crippen LogP) is 1.80. The molecule has 17 heavy (non-hydrogen) atoms. The number of hydrogen-bond donors (Lipinski definition) is 1. The number of nitrogens with zero attached hydrogens (tertiary/aromatic N) is 3. The van der Waals surface area contributed by atoms with Gasteiger partial charge in [0.05, 0.1) is 11.4 Å². The van der Waals surface area contributed by atoms with Crippen LogP contribution in [0.1, 0.15) is 21.9 Å². The summed E-state index contributed by atoms with van der Waals surface area (Å²) in [5.74, 6) is -1.02. The average molecular weight is 231 g/mol. The summed E-state index contributed by atoms with van der Waals surface area (Å²) in [6, 6.07) is 5.33. The highest BCUT2D eigenvalue weighted by Crippen LogP contribution is 2.21. The third kappa shape index (κ3) is 2.18. The molecule has 0 aromatic carbocycles. The molecule has 5 nitrogen and oxygen atoms in total. The first-order valence-corrected chi connectivity index (χ1v) is 5.20. The molecule has 0 radical (unpaired) electrons. The van der Waals surface area contributed by atoms with Gasteiger partial charge in [0.2, 0.25) is 0 Å². The largest absolute Gasteiger partial charge is 0.477 e. The van der Waals surface area contributed by atoms with Crippen LogP contribution >= 0.6 is 0 Å². The van der Waals surface area contributed by atoms with E-state index in [4.69, 9.17) is 5.11 Å². The number of pyridine rings is 1. The van der Waals surface area contributed by atoms with Gasteiger partial charge >= 0.3 is 5.97 Å². The molecule has 2 rings (SSSR count). The second-order valence-corrected chi connectivity index (χ2v) is 3.98. The molecule has 2 aromatic rings. The molecule has 0 saturated carbocycles. The van der Waals surface area contributed by atoms with Crippen molar-refractivity contribution in [3.05, 3.63) is 35.3 Å². The Morgan fingerprint density at radius 1 is 1.24 bits per heavy atom. The minimum Gasteiger partial charge on any atom is -0.477 e. The minimum atomic E-state index is -1.02. The van der Waals surface area contributed by atoms with Crippen LogP contribution in [0.4, 0.5) is 0 Å². The smallest absolute Gasteiger partial charge is 0.354 e. The molecule has 0 aliphatic carbocycles. The van der Waals surface area contributed by atoms with Gasteiger partial charge in [0.15, 0.2) is 0 Å². The van der Waals surface area contributed by atoms with Gasteiger partial charge in [-0.25, -0.2) is 9.78 Å². The Bertz CT molecular complexity index is 587. The van der Waals surface area contributed by atoms with Crippen LogP contribution in [0.25, 0.3) is 11.3 Å². The quantitative estimate of drug-likeness (QED) is 0.855. The van der Waals surface area contributed by atoms with Crippen LogP contribution < -0.4 is 0 Å². The number of aromatic nitrogens is 3. The monoisotopic (exact) mass is 231 g/mol. The van der Waals surface area contributed by atoms with Crippen LogP contribution in [-0.2, 0) is 7.05 Å². The van der Waals surface area contributed by atoms with Gasteiger partial charge in [0.25, 0.3) is 0 Å². The summed E-state index contributed by atoms with van der Waals surface area (Å²) in [7, 11) is 1.83. The molecule has 2 aromatic heterocycles. The normalized spacial score (nSPS) is 10.5. The van der Waals surface area contributed by atoms with E-state index in [1.807, 2.05) is 26.1 Å². The summed E-state index contributed by atoms with van der Waals surface area (Å²) in [4.78, 5) is 14.9. The molecule has 0 bridgehead atoms. The molecular weight excluding hydrogens is 218 g/mol. The first-order valence-electron chi connectivity index (χ1n) is 5.20.